The molecule has 0 fully saturated rings. The van der Waals surface area contributed by atoms with Gasteiger partial charge in [0.1, 0.15) is 0 Å². The van der Waals surface area contributed by atoms with Gasteiger partial charge in [-0.05, 0) is 70.3 Å². The summed E-state index contributed by atoms with van der Waals surface area (Å²) in [6, 6.07) is 0. The molecule has 0 aromatic rings. The summed E-state index contributed by atoms with van der Waals surface area (Å²) in [5, 5.41) is 9.93. The molecular weight excluding hydrogens is 512 g/mol. The van der Waals surface area contributed by atoms with Crippen molar-refractivity contribution in [3.63, 3.8) is 0 Å². The van der Waals surface area contributed by atoms with E-state index in [1.165, 1.54) is 33.4 Å². The Morgan fingerprint density at radius 2 is 1.31 bits per heavy atom. The van der Waals surface area contributed by atoms with Gasteiger partial charge in [0, 0.05) is 13.0 Å². The number of methoxy groups -OCH3 is 1. The molecule has 2 aliphatic rings. The number of ether oxygens (including phenoxy) is 1. The van der Waals surface area contributed by atoms with Crippen LogP contribution in [0.2, 0.25) is 0 Å². The Morgan fingerprint density at radius 1 is 0.786 bits per heavy atom. The van der Waals surface area contributed by atoms with Gasteiger partial charge in [-0.2, -0.15) is 0 Å². The minimum absolute atomic E-state index is 0.0180. The molecule has 228 valence electrons. The summed E-state index contributed by atoms with van der Waals surface area (Å²) in [5.41, 5.74) is 7.74. The third kappa shape index (κ3) is 12.1. The van der Waals surface area contributed by atoms with Crippen LogP contribution in [0.25, 0.3) is 0 Å². The average molecular weight is 569 g/mol. The maximum atomic E-state index is 9.93. The van der Waals surface area contributed by atoms with Crippen LogP contribution in [0.15, 0.2) is 131 Å². The van der Waals surface area contributed by atoms with Crippen LogP contribution in [-0.4, -0.2) is 24.4 Å². The molecule has 2 rings (SSSR count). The number of aliphatic hydroxyl groups is 1. The predicted molar refractivity (Wildman–Crippen MR) is 184 cm³/mol. The highest BCUT2D eigenvalue weighted by molar-refractivity contribution is 5.35. The molecular formula is C40H56O2. The molecule has 1 N–H and O–H groups in total. The minimum atomic E-state index is -0.220. The van der Waals surface area contributed by atoms with E-state index in [9.17, 15) is 5.11 Å². The second kappa shape index (κ2) is 16.6. The largest absolute Gasteiger partial charge is 0.393 e. The van der Waals surface area contributed by atoms with Crippen LogP contribution in [-0.2, 0) is 4.74 Å². The zero-order valence-electron chi connectivity index (χ0n) is 27.9. The summed E-state index contributed by atoms with van der Waals surface area (Å²) < 4.78 is 5.60. The molecule has 2 aliphatic carbocycles. The van der Waals surface area contributed by atoms with Gasteiger partial charge in [0.15, 0.2) is 0 Å². The van der Waals surface area contributed by atoms with Crippen molar-refractivity contribution < 1.29 is 9.84 Å². The van der Waals surface area contributed by atoms with Crippen LogP contribution in [0.5, 0.6) is 0 Å². The zero-order chi connectivity index (χ0) is 31.3. The van der Waals surface area contributed by atoms with Gasteiger partial charge in [-0.15, -0.1) is 0 Å². The summed E-state index contributed by atoms with van der Waals surface area (Å²) in [5.74, 6) is 0.430. The highest BCUT2D eigenvalue weighted by Gasteiger charge is 2.35. The van der Waals surface area contributed by atoms with Crippen molar-refractivity contribution in [2.24, 2.45) is 16.7 Å². The Hall–Kier alpha value is -2.94. The molecule has 0 amide bonds. The van der Waals surface area contributed by atoms with E-state index in [2.05, 4.69) is 160 Å². The molecule has 0 aromatic heterocycles. The van der Waals surface area contributed by atoms with Crippen LogP contribution in [0, 0.1) is 16.7 Å². The van der Waals surface area contributed by atoms with E-state index in [-0.39, 0.29) is 23.0 Å². The second-order valence-corrected chi connectivity index (χ2v) is 13.4. The monoisotopic (exact) mass is 568 g/mol. The molecule has 0 aliphatic heterocycles. The topological polar surface area (TPSA) is 29.5 Å². The highest BCUT2D eigenvalue weighted by atomic mass is 16.5. The first-order valence-electron chi connectivity index (χ1n) is 15.4. The normalized spacial score (nSPS) is 26.3. The molecule has 3 unspecified atom stereocenters. The van der Waals surface area contributed by atoms with Crippen LogP contribution in [0.3, 0.4) is 0 Å². The van der Waals surface area contributed by atoms with E-state index in [1.807, 2.05) is 0 Å². The molecule has 0 saturated heterocycles. The first-order valence-corrected chi connectivity index (χ1v) is 15.4. The SMILES string of the molecule is COC1C=C(C)C(/C=C/C(C)=C/C=C/C(C)=C/C=C\C=C(C)\C=C\C=C(C)\C=C\C2=CCC(O)CC2(C)C)C(C)(C)C1. The number of aliphatic hydroxyl groups excluding tert-OH is 1. The van der Waals surface area contributed by atoms with E-state index >= 15 is 0 Å². The molecule has 42 heavy (non-hydrogen) atoms. The van der Waals surface area contributed by atoms with Crippen LogP contribution < -0.4 is 0 Å². The Labute approximate surface area is 257 Å². The first kappa shape index (κ1) is 35.3. The average Bonchev–Trinajstić information content (AvgIpc) is 2.89. The van der Waals surface area contributed by atoms with E-state index in [1.54, 1.807) is 7.11 Å². The Bertz CT molecular complexity index is 1240. The van der Waals surface area contributed by atoms with Gasteiger partial charge in [0.05, 0.1) is 12.2 Å². The summed E-state index contributed by atoms with van der Waals surface area (Å²) in [7, 11) is 1.80. The Balaban J connectivity index is 1.88. The standard InChI is InChI=1S/C40H56O2/c1-30(17-13-19-32(3)21-23-35-24-25-36(41)28-39(35,6)7)15-11-12-16-31(2)18-14-20-33(4)22-26-38-34(5)27-37(42-10)29-40(38,8)9/h11-24,26-27,36-38,41H,25,28-29H2,1-10H3/b12-11-,17-13+,18-14+,23-21+,26-22+,30-15+,31-16+,32-19+,33-20+. The third-order valence-electron chi connectivity index (χ3n) is 8.29. The molecule has 0 aromatic carbocycles. The highest BCUT2D eigenvalue weighted by Crippen LogP contribution is 2.42. The number of rotatable bonds is 11. The number of allylic oxidation sites excluding steroid dienone is 20. The van der Waals surface area contributed by atoms with Crippen molar-refractivity contribution in [2.75, 3.05) is 7.11 Å². The van der Waals surface area contributed by atoms with Crippen LogP contribution >= 0.6 is 0 Å². The van der Waals surface area contributed by atoms with Gasteiger partial charge in [0.2, 0.25) is 0 Å². The fourth-order valence-electron chi connectivity index (χ4n) is 5.71. The Kier molecular flexibility index (Phi) is 14.0. The van der Waals surface area contributed by atoms with Crippen molar-refractivity contribution in [3.05, 3.63) is 131 Å². The molecule has 2 nitrogen and oxygen atoms in total. The van der Waals surface area contributed by atoms with Crippen molar-refractivity contribution in [3.8, 4) is 0 Å². The van der Waals surface area contributed by atoms with Gasteiger partial charge >= 0.3 is 0 Å². The Morgan fingerprint density at radius 3 is 1.83 bits per heavy atom. The summed E-state index contributed by atoms with van der Waals surface area (Å²) in [6.07, 6.45) is 37.2. The van der Waals surface area contributed by atoms with Crippen LogP contribution in [0.4, 0.5) is 0 Å². The lowest BCUT2D eigenvalue weighted by Crippen LogP contribution is -2.33. The summed E-state index contributed by atoms with van der Waals surface area (Å²) in [6.45, 7) is 19.8. The summed E-state index contributed by atoms with van der Waals surface area (Å²) >= 11 is 0. The predicted octanol–water partition coefficient (Wildman–Crippen LogP) is 10.7. The zero-order valence-corrected chi connectivity index (χ0v) is 27.9. The molecule has 3 atom stereocenters. The lowest BCUT2D eigenvalue weighted by atomic mass is 9.67. The van der Waals surface area contributed by atoms with Crippen LogP contribution in [0.1, 0.15) is 81.6 Å². The summed E-state index contributed by atoms with van der Waals surface area (Å²) in [4.78, 5) is 0. The fraction of sp³-hybridized carbons (Fsp3) is 0.450. The first-order chi connectivity index (χ1) is 19.7. The van der Waals surface area contributed by atoms with Gasteiger partial charge in [0.25, 0.3) is 0 Å². The van der Waals surface area contributed by atoms with Crippen molar-refractivity contribution in [2.45, 2.75) is 93.8 Å². The number of hydrogen-bond donors (Lipinski definition) is 1. The fourth-order valence-corrected chi connectivity index (χ4v) is 5.71. The van der Waals surface area contributed by atoms with E-state index in [0.29, 0.717) is 5.92 Å². The van der Waals surface area contributed by atoms with Gasteiger partial charge < -0.3 is 9.84 Å². The molecule has 0 radical (unpaired) electrons. The van der Waals surface area contributed by atoms with Gasteiger partial charge in [-0.1, -0.05) is 153 Å². The molecule has 0 saturated carbocycles. The molecule has 0 heterocycles. The van der Waals surface area contributed by atoms with E-state index in [0.717, 1.165) is 19.3 Å². The second-order valence-electron chi connectivity index (χ2n) is 13.4. The van der Waals surface area contributed by atoms with Crippen molar-refractivity contribution in [1.82, 2.24) is 0 Å². The van der Waals surface area contributed by atoms with Crippen molar-refractivity contribution in [1.29, 1.82) is 0 Å². The third-order valence-corrected chi connectivity index (χ3v) is 8.29. The number of hydrogen-bond acceptors (Lipinski definition) is 2. The maximum Gasteiger partial charge on any atom is 0.0760 e. The van der Waals surface area contributed by atoms with Gasteiger partial charge in [-0.3, -0.25) is 0 Å². The van der Waals surface area contributed by atoms with Gasteiger partial charge in [-0.25, -0.2) is 0 Å². The van der Waals surface area contributed by atoms with Crippen molar-refractivity contribution >= 4 is 0 Å². The quantitative estimate of drug-likeness (QED) is 0.198. The minimum Gasteiger partial charge on any atom is -0.393 e. The van der Waals surface area contributed by atoms with E-state index < -0.39 is 0 Å². The molecule has 0 bridgehead atoms. The molecule has 0 spiro atoms. The smallest absolute Gasteiger partial charge is 0.0760 e. The lowest BCUT2D eigenvalue weighted by molar-refractivity contribution is 0.0728. The maximum absolute atomic E-state index is 9.93. The molecule has 2 heteroatoms. The van der Waals surface area contributed by atoms with E-state index in [4.69, 9.17) is 4.74 Å². The lowest BCUT2D eigenvalue weighted by Gasteiger charge is -2.39.